The number of benzene rings is 2. The standard InChI is InChI=1S/C27H32N4O2/c1-19-22-10-5-6-11-23(22)29-27(28-19)31-15-7-12-24(31)26(33)30-16-13-21(14-17-30)25(32)18-20-8-3-2-4-9-20/h2-6,8-11,21,24-25,32H,7,12-18H2,1H3. The second kappa shape index (κ2) is 9.48. The van der Waals surface area contributed by atoms with Crippen LogP contribution >= 0.6 is 0 Å². The first-order valence-electron chi connectivity index (χ1n) is 12.1. The number of rotatable bonds is 5. The van der Waals surface area contributed by atoms with E-state index in [0.29, 0.717) is 25.5 Å². The summed E-state index contributed by atoms with van der Waals surface area (Å²) in [5, 5.41) is 11.8. The van der Waals surface area contributed by atoms with Crippen molar-refractivity contribution < 1.29 is 9.90 Å². The lowest BCUT2D eigenvalue weighted by atomic mass is 9.87. The second-order valence-electron chi connectivity index (χ2n) is 9.40. The smallest absolute Gasteiger partial charge is 0.245 e. The zero-order valence-electron chi connectivity index (χ0n) is 19.2. The van der Waals surface area contributed by atoms with Gasteiger partial charge < -0.3 is 14.9 Å². The van der Waals surface area contributed by atoms with Crippen molar-refractivity contribution in [2.45, 2.75) is 51.2 Å². The number of piperidine rings is 1. The first-order chi connectivity index (χ1) is 16.1. The van der Waals surface area contributed by atoms with E-state index in [1.807, 2.05) is 54.3 Å². The molecule has 6 heteroatoms. The first-order valence-corrected chi connectivity index (χ1v) is 12.1. The fraction of sp³-hybridized carbons (Fsp3) is 0.444. The molecule has 6 nitrogen and oxygen atoms in total. The van der Waals surface area contributed by atoms with Crippen LogP contribution in [0.4, 0.5) is 5.95 Å². The maximum absolute atomic E-state index is 13.5. The highest BCUT2D eigenvalue weighted by atomic mass is 16.3. The average molecular weight is 445 g/mol. The first kappa shape index (κ1) is 21.8. The Bertz CT molecular complexity index is 1110. The molecule has 1 aromatic heterocycles. The van der Waals surface area contributed by atoms with Gasteiger partial charge in [0.1, 0.15) is 6.04 Å². The second-order valence-corrected chi connectivity index (χ2v) is 9.40. The molecule has 3 heterocycles. The van der Waals surface area contributed by atoms with E-state index in [1.54, 1.807) is 0 Å². The largest absolute Gasteiger partial charge is 0.392 e. The van der Waals surface area contributed by atoms with E-state index in [4.69, 9.17) is 9.97 Å². The van der Waals surface area contributed by atoms with Gasteiger partial charge in [-0.1, -0.05) is 48.5 Å². The van der Waals surface area contributed by atoms with Crippen LogP contribution in [0.5, 0.6) is 0 Å². The molecule has 2 atom stereocenters. The summed E-state index contributed by atoms with van der Waals surface area (Å²) in [5.41, 5.74) is 3.03. The Hall–Kier alpha value is -2.99. The lowest BCUT2D eigenvalue weighted by Crippen LogP contribution is -2.50. The van der Waals surface area contributed by atoms with Gasteiger partial charge in [-0.2, -0.15) is 0 Å². The molecule has 172 valence electrons. The number of carbonyl (C=O) groups is 1. The summed E-state index contributed by atoms with van der Waals surface area (Å²) in [6.07, 6.45) is 3.81. The molecule has 2 aromatic carbocycles. The molecule has 0 aliphatic carbocycles. The number of amides is 1. The zero-order valence-corrected chi connectivity index (χ0v) is 19.2. The molecule has 2 aliphatic heterocycles. The Kier molecular flexibility index (Phi) is 6.27. The third-order valence-corrected chi connectivity index (χ3v) is 7.26. The van der Waals surface area contributed by atoms with Crippen LogP contribution in [-0.4, -0.2) is 57.7 Å². The lowest BCUT2D eigenvalue weighted by Gasteiger charge is -2.37. The minimum atomic E-state index is -0.360. The van der Waals surface area contributed by atoms with Gasteiger partial charge in [0, 0.05) is 25.0 Å². The number of fused-ring (bicyclic) bond motifs is 1. The van der Waals surface area contributed by atoms with E-state index >= 15 is 0 Å². The summed E-state index contributed by atoms with van der Waals surface area (Å²) in [5.74, 6) is 1.08. The molecular weight excluding hydrogens is 412 g/mol. The number of aliphatic hydroxyl groups excluding tert-OH is 1. The topological polar surface area (TPSA) is 69.6 Å². The van der Waals surface area contributed by atoms with E-state index < -0.39 is 0 Å². The Labute approximate surface area is 195 Å². The van der Waals surface area contributed by atoms with Crippen LogP contribution in [0.15, 0.2) is 54.6 Å². The summed E-state index contributed by atoms with van der Waals surface area (Å²) < 4.78 is 0. The molecule has 0 spiro atoms. The third kappa shape index (κ3) is 4.58. The predicted octanol–water partition coefficient (Wildman–Crippen LogP) is 3.75. The Morgan fingerprint density at radius 1 is 1.00 bits per heavy atom. The van der Waals surface area contributed by atoms with Gasteiger partial charge in [0.05, 0.1) is 17.3 Å². The molecular formula is C27H32N4O2. The van der Waals surface area contributed by atoms with Gasteiger partial charge in [-0.3, -0.25) is 4.79 Å². The number of aryl methyl sites for hydroxylation is 1. The number of likely N-dealkylation sites (tertiary alicyclic amines) is 1. The van der Waals surface area contributed by atoms with E-state index in [1.165, 1.54) is 0 Å². The maximum atomic E-state index is 13.5. The van der Waals surface area contributed by atoms with Crippen LogP contribution < -0.4 is 4.90 Å². The van der Waals surface area contributed by atoms with Gasteiger partial charge in [0.25, 0.3) is 0 Å². The number of carbonyl (C=O) groups excluding carboxylic acids is 1. The fourth-order valence-corrected chi connectivity index (χ4v) is 5.35. The SMILES string of the molecule is Cc1nc(N2CCCC2C(=O)N2CCC(C(O)Cc3ccccc3)CC2)nc2ccccc12. The van der Waals surface area contributed by atoms with Crippen LogP contribution in [0, 0.1) is 12.8 Å². The molecule has 0 saturated carbocycles. The number of aromatic nitrogens is 2. The normalized spacial score (nSPS) is 20.4. The summed E-state index contributed by atoms with van der Waals surface area (Å²) in [6.45, 7) is 4.22. The Morgan fingerprint density at radius 3 is 2.52 bits per heavy atom. The van der Waals surface area contributed by atoms with E-state index in [0.717, 1.165) is 54.4 Å². The number of nitrogens with zero attached hydrogens (tertiary/aromatic N) is 4. The van der Waals surface area contributed by atoms with Crippen LogP contribution in [0.3, 0.4) is 0 Å². The van der Waals surface area contributed by atoms with Crippen LogP contribution in [-0.2, 0) is 11.2 Å². The van der Waals surface area contributed by atoms with Gasteiger partial charge in [-0.15, -0.1) is 0 Å². The summed E-state index contributed by atoms with van der Waals surface area (Å²) in [6, 6.07) is 18.0. The average Bonchev–Trinajstić information content (AvgIpc) is 3.34. The molecule has 33 heavy (non-hydrogen) atoms. The molecule has 2 aliphatic rings. The monoisotopic (exact) mass is 444 g/mol. The van der Waals surface area contributed by atoms with E-state index in [-0.39, 0.29) is 24.0 Å². The van der Waals surface area contributed by atoms with Crippen molar-refractivity contribution in [1.82, 2.24) is 14.9 Å². The lowest BCUT2D eigenvalue weighted by molar-refractivity contribution is -0.134. The highest BCUT2D eigenvalue weighted by Crippen LogP contribution is 2.29. The van der Waals surface area contributed by atoms with Gasteiger partial charge in [-0.05, 0) is 56.6 Å². The van der Waals surface area contributed by atoms with E-state index in [2.05, 4.69) is 17.0 Å². The molecule has 2 unspecified atom stereocenters. The van der Waals surface area contributed by atoms with Crippen LogP contribution in [0.1, 0.15) is 36.9 Å². The number of aliphatic hydroxyl groups is 1. The third-order valence-electron chi connectivity index (χ3n) is 7.26. The zero-order chi connectivity index (χ0) is 22.8. The maximum Gasteiger partial charge on any atom is 0.245 e. The highest BCUT2D eigenvalue weighted by Gasteiger charge is 2.37. The Morgan fingerprint density at radius 2 is 1.73 bits per heavy atom. The molecule has 1 amide bonds. The van der Waals surface area contributed by atoms with Gasteiger partial charge in [0.15, 0.2) is 0 Å². The molecule has 3 aromatic rings. The molecule has 1 N–H and O–H groups in total. The number of para-hydroxylation sites is 1. The quantitative estimate of drug-likeness (QED) is 0.649. The molecule has 0 bridgehead atoms. The van der Waals surface area contributed by atoms with Gasteiger partial charge in [0.2, 0.25) is 11.9 Å². The van der Waals surface area contributed by atoms with Crippen LogP contribution in [0.2, 0.25) is 0 Å². The van der Waals surface area contributed by atoms with E-state index in [9.17, 15) is 9.90 Å². The number of hydrogen-bond donors (Lipinski definition) is 1. The van der Waals surface area contributed by atoms with Crippen molar-refractivity contribution >= 4 is 22.8 Å². The molecule has 5 rings (SSSR count). The minimum absolute atomic E-state index is 0.179. The number of anilines is 1. The van der Waals surface area contributed by atoms with Crippen molar-refractivity contribution in [3.63, 3.8) is 0 Å². The van der Waals surface area contributed by atoms with Crippen molar-refractivity contribution in [3.05, 3.63) is 65.9 Å². The van der Waals surface area contributed by atoms with Crippen LogP contribution in [0.25, 0.3) is 10.9 Å². The van der Waals surface area contributed by atoms with Gasteiger partial charge >= 0.3 is 0 Å². The molecule has 2 saturated heterocycles. The van der Waals surface area contributed by atoms with Crippen molar-refractivity contribution in [2.24, 2.45) is 5.92 Å². The van der Waals surface area contributed by atoms with Gasteiger partial charge in [-0.25, -0.2) is 9.97 Å². The van der Waals surface area contributed by atoms with Crippen molar-refractivity contribution in [3.8, 4) is 0 Å². The molecule has 2 fully saturated rings. The summed E-state index contributed by atoms with van der Waals surface area (Å²) in [7, 11) is 0. The number of hydrogen-bond acceptors (Lipinski definition) is 5. The summed E-state index contributed by atoms with van der Waals surface area (Å²) >= 11 is 0. The highest BCUT2D eigenvalue weighted by molar-refractivity contribution is 5.86. The van der Waals surface area contributed by atoms with Crippen molar-refractivity contribution in [2.75, 3.05) is 24.5 Å². The predicted molar refractivity (Wildman–Crippen MR) is 130 cm³/mol. The molecule has 0 radical (unpaired) electrons. The Balaban J connectivity index is 1.23. The summed E-state index contributed by atoms with van der Waals surface area (Å²) in [4.78, 5) is 27.1. The fourth-order valence-electron chi connectivity index (χ4n) is 5.35. The van der Waals surface area contributed by atoms with Crippen molar-refractivity contribution in [1.29, 1.82) is 0 Å². The minimum Gasteiger partial charge on any atom is -0.392 e.